The zero-order chi connectivity index (χ0) is 23.1. The number of para-hydroxylation sites is 1. The quantitative estimate of drug-likeness (QED) is 0.513. The van der Waals surface area contributed by atoms with Gasteiger partial charge < -0.3 is 10.2 Å². The van der Waals surface area contributed by atoms with Gasteiger partial charge in [-0.1, -0.05) is 42.5 Å². The highest BCUT2D eigenvalue weighted by Gasteiger charge is 2.31. The second kappa shape index (κ2) is 8.69. The summed E-state index contributed by atoms with van der Waals surface area (Å²) < 4.78 is 1.92. The number of fused-ring (bicyclic) bond motifs is 3. The van der Waals surface area contributed by atoms with Gasteiger partial charge in [0.1, 0.15) is 0 Å². The molecule has 1 N–H and O–H groups in total. The average molecular weight is 452 g/mol. The molecule has 2 aromatic heterocycles. The smallest absolute Gasteiger partial charge is 0.274 e. The third kappa shape index (κ3) is 3.88. The van der Waals surface area contributed by atoms with Gasteiger partial charge in [0.25, 0.3) is 5.91 Å². The van der Waals surface area contributed by atoms with Crippen molar-refractivity contribution in [1.29, 1.82) is 0 Å². The van der Waals surface area contributed by atoms with Gasteiger partial charge in [-0.05, 0) is 54.5 Å². The summed E-state index contributed by atoms with van der Waals surface area (Å²) in [5, 5.41) is 9.57. The van der Waals surface area contributed by atoms with Gasteiger partial charge in [-0.3, -0.25) is 14.5 Å². The van der Waals surface area contributed by atoms with Crippen LogP contribution in [0.2, 0.25) is 0 Å². The number of aryl methyl sites for hydroxylation is 1. The second-order valence-corrected chi connectivity index (χ2v) is 9.50. The van der Waals surface area contributed by atoms with Gasteiger partial charge >= 0.3 is 0 Å². The van der Waals surface area contributed by atoms with Crippen LogP contribution in [-0.4, -0.2) is 38.2 Å². The molecule has 6 heteroatoms. The van der Waals surface area contributed by atoms with Gasteiger partial charge in [-0.2, -0.15) is 5.10 Å². The Morgan fingerprint density at radius 3 is 2.82 bits per heavy atom. The lowest BCUT2D eigenvalue weighted by molar-refractivity contribution is 0.0726. The Bertz CT molecular complexity index is 1370. The number of carbonyl (C=O) groups excluding carboxylic acids is 1. The van der Waals surface area contributed by atoms with Gasteiger partial charge in [-0.15, -0.1) is 0 Å². The number of nitrogens with zero attached hydrogens (tertiary/aromatic N) is 4. The maximum absolute atomic E-state index is 13.5. The molecule has 2 aliphatic rings. The van der Waals surface area contributed by atoms with Crippen LogP contribution in [0.3, 0.4) is 0 Å². The number of aromatic nitrogens is 3. The van der Waals surface area contributed by atoms with Crippen molar-refractivity contribution in [2.75, 3.05) is 6.54 Å². The van der Waals surface area contributed by atoms with Gasteiger partial charge in [0.15, 0.2) is 5.69 Å². The summed E-state index contributed by atoms with van der Waals surface area (Å²) in [5.74, 6) is 0.0609. The number of amides is 1. The molecule has 0 saturated carbocycles. The molecule has 172 valence electrons. The van der Waals surface area contributed by atoms with Crippen LogP contribution in [0.25, 0.3) is 10.9 Å². The third-order valence-electron chi connectivity index (χ3n) is 7.32. The van der Waals surface area contributed by atoms with E-state index < -0.39 is 0 Å². The molecule has 3 heterocycles. The molecule has 0 saturated heterocycles. The molecule has 2 aromatic carbocycles. The van der Waals surface area contributed by atoms with Crippen LogP contribution in [0.5, 0.6) is 0 Å². The largest absolute Gasteiger partial charge is 0.333 e. The Morgan fingerprint density at radius 2 is 1.91 bits per heavy atom. The monoisotopic (exact) mass is 451 g/mol. The molecule has 1 aliphatic carbocycles. The van der Waals surface area contributed by atoms with Crippen LogP contribution in [0.4, 0.5) is 0 Å². The Balaban J connectivity index is 1.17. The molecule has 0 radical (unpaired) electrons. The fraction of sp³-hybridized carbons (Fsp3) is 0.321. The van der Waals surface area contributed by atoms with E-state index in [4.69, 9.17) is 5.10 Å². The molecule has 1 aliphatic heterocycles. The minimum Gasteiger partial charge on any atom is -0.333 e. The first-order chi connectivity index (χ1) is 16.7. The highest BCUT2D eigenvalue weighted by Crippen LogP contribution is 2.27. The Hall–Kier alpha value is -3.51. The van der Waals surface area contributed by atoms with Crippen molar-refractivity contribution in [1.82, 2.24) is 25.0 Å². The lowest BCUT2D eigenvalue weighted by Gasteiger charge is -2.29. The SMILES string of the molecule is Cn1nc(C(=O)N2CCc3ccccc3C2)c2c1CC[C@@H](NCc1cnc3ccccc3c1)C2. The van der Waals surface area contributed by atoms with Gasteiger partial charge in [0, 0.05) is 55.6 Å². The minimum absolute atomic E-state index is 0.0609. The molecule has 0 bridgehead atoms. The first-order valence-electron chi connectivity index (χ1n) is 12.1. The van der Waals surface area contributed by atoms with Crippen molar-refractivity contribution < 1.29 is 4.79 Å². The standard InChI is InChI=1S/C28H29N5O/c1-32-26-11-10-23(29-16-19-14-21-7-4-5-9-25(21)30-17-19)15-24(26)27(31-32)28(34)33-13-12-20-6-2-3-8-22(20)18-33/h2-9,14,17,23,29H,10-13,15-16,18H2,1H3/t23-/m1/s1. The summed E-state index contributed by atoms with van der Waals surface area (Å²) >= 11 is 0. The van der Waals surface area contributed by atoms with Gasteiger partial charge in [0.05, 0.1) is 5.52 Å². The Kier molecular flexibility index (Phi) is 5.38. The van der Waals surface area contributed by atoms with Crippen LogP contribution in [0, 0.1) is 0 Å². The number of carbonyl (C=O) groups is 1. The van der Waals surface area contributed by atoms with Crippen LogP contribution in [0.15, 0.2) is 60.8 Å². The normalized spacial score (nSPS) is 17.4. The third-order valence-corrected chi connectivity index (χ3v) is 7.32. The molecule has 6 nitrogen and oxygen atoms in total. The second-order valence-electron chi connectivity index (χ2n) is 9.50. The molecule has 0 spiro atoms. The fourth-order valence-corrected chi connectivity index (χ4v) is 5.43. The topological polar surface area (TPSA) is 63.1 Å². The van der Waals surface area contributed by atoms with Crippen LogP contribution >= 0.6 is 0 Å². The maximum atomic E-state index is 13.5. The number of rotatable bonds is 4. The predicted octanol–water partition coefficient (Wildman–Crippen LogP) is 3.81. The van der Waals surface area contributed by atoms with Crippen LogP contribution in [-0.2, 0) is 39.4 Å². The number of hydrogen-bond acceptors (Lipinski definition) is 4. The number of benzene rings is 2. The molecular formula is C28H29N5O. The molecule has 34 heavy (non-hydrogen) atoms. The van der Waals surface area contributed by atoms with Crippen LogP contribution < -0.4 is 5.32 Å². The van der Waals surface area contributed by atoms with E-state index in [1.165, 1.54) is 22.4 Å². The molecule has 1 amide bonds. The van der Waals surface area contributed by atoms with Crippen molar-refractivity contribution >= 4 is 16.8 Å². The van der Waals surface area contributed by atoms with Crippen molar-refractivity contribution in [3.05, 3.63) is 94.4 Å². The van der Waals surface area contributed by atoms with E-state index in [2.05, 4.69) is 46.7 Å². The fourth-order valence-electron chi connectivity index (χ4n) is 5.43. The summed E-state index contributed by atoms with van der Waals surface area (Å²) in [6, 6.07) is 19.2. The van der Waals surface area contributed by atoms with Crippen molar-refractivity contribution in [3.8, 4) is 0 Å². The van der Waals surface area contributed by atoms with Crippen molar-refractivity contribution in [2.45, 2.75) is 44.8 Å². The lowest BCUT2D eigenvalue weighted by atomic mass is 9.90. The predicted molar refractivity (Wildman–Crippen MR) is 132 cm³/mol. The first-order valence-corrected chi connectivity index (χ1v) is 12.1. The molecule has 0 unspecified atom stereocenters. The summed E-state index contributed by atoms with van der Waals surface area (Å²) in [7, 11) is 1.97. The number of pyridine rings is 1. The van der Waals surface area contributed by atoms with E-state index in [1.54, 1.807) is 0 Å². The van der Waals surface area contributed by atoms with Gasteiger partial charge in [-0.25, -0.2) is 0 Å². The van der Waals surface area contributed by atoms with E-state index in [1.807, 2.05) is 41.0 Å². The van der Waals surface area contributed by atoms with Gasteiger partial charge in [0.2, 0.25) is 0 Å². The summed E-state index contributed by atoms with van der Waals surface area (Å²) in [5.41, 5.74) is 7.75. The van der Waals surface area contributed by atoms with E-state index in [-0.39, 0.29) is 5.91 Å². The average Bonchev–Trinajstić information content (AvgIpc) is 3.22. The summed E-state index contributed by atoms with van der Waals surface area (Å²) in [6.07, 6.45) is 5.66. The Morgan fingerprint density at radius 1 is 1.09 bits per heavy atom. The molecule has 0 fully saturated rings. The molecular weight excluding hydrogens is 422 g/mol. The summed E-state index contributed by atoms with van der Waals surface area (Å²) in [4.78, 5) is 20.1. The highest BCUT2D eigenvalue weighted by atomic mass is 16.2. The molecule has 6 rings (SSSR count). The number of nitrogens with one attached hydrogen (secondary N) is 1. The summed E-state index contributed by atoms with van der Waals surface area (Å²) in [6.45, 7) is 2.18. The number of hydrogen-bond donors (Lipinski definition) is 1. The maximum Gasteiger partial charge on any atom is 0.274 e. The van der Waals surface area contributed by atoms with E-state index in [0.717, 1.165) is 55.2 Å². The highest BCUT2D eigenvalue weighted by molar-refractivity contribution is 5.94. The van der Waals surface area contributed by atoms with E-state index in [9.17, 15) is 4.79 Å². The molecule has 1 atom stereocenters. The van der Waals surface area contributed by atoms with Crippen molar-refractivity contribution in [3.63, 3.8) is 0 Å². The first kappa shape index (κ1) is 21.1. The lowest BCUT2D eigenvalue weighted by Crippen LogP contribution is -2.38. The van der Waals surface area contributed by atoms with Crippen LogP contribution in [0.1, 0.15) is 44.9 Å². The van der Waals surface area contributed by atoms with E-state index in [0.29, 0.717) is 18.3 Å². The zero-order valence-electron chi connectivity index (χ0n) is 19.5. The Labute approximate surface area is 199 Å². The zero-order valence-corrected chi connectivity index (χ0v) is 19.5. The molecule has 4 aromatic rings. The van der Waals surface area contributed by atoms with E-state index >= 15 is 0 Å². The van der Waals surface area contributed by atoms with Crippen molar-refractivity contribution in [2.24, 2.45) is 7.05 Å². The minimum atomic E-state index is 0.0609.